The van der Waals surface area contributed by atoms with Crippen molar-refractivity contribution in [3.8, 4) is 5.75 Å². The van der Waals surface area contributed by atoms with E-state index in [1.165, 1.54) is 0 Å². The van der Waals surface area contributed by atoms with Gasteiger partial charge in [0.15, 0.2) is 0 Å². The van der Waals surface area contributed by atoms with Crippen LogP contribution in [-0.2, 0) is 9.59 Å². The molecule has 1 aliphatic heterocycles. The Morgan fingerprint density at radius 1 is 1.28 bits per heavy atom. The van der Waals surface area contributed by atoms with Crippen molar-refractivity contribution in [2.24, 2.45) is 0 Å². The highest BCUT2D eigenvalue weighted by atomic mass is 79.9. The Morgan fingerprint density at radius 3 is 2.76 bits per heavy atom. The SMILES string of the molecule is CCOc1ccc(Cl)cc1/C=C1/SC(=O)N(CC(=O)Nc2ccccc2Br)C1=O. The van der Waals surface area contributed by atoms with E-state index in [9.17, 15) is 14.4 Å². The summed E-state index contributed by atoms with van der Waals surface area (Å²) in [5, 5.41) is 2.65. The second-order valence-corrected chi connectivity index (χ2v) is 8.20. The van der Waals surface area contributed by atoms with Crippen molar-refractivity contribution in [3.05, 3.63) is 62.4 Å². The van der Waals surface area contributed by atoms with Gasteiger partial charge in [0.05, 0.1) is 17.2 Å². The van der Waals surface area contributed by atoms with E-state index in [0.717, 1.165) is 16.7 Å². The van der Waals surface area contributed by atoms with E-state index < -0.39 is 17.1 Å². The Balaban J connectivity index is 1.76. The summed E-state index contributed by atoms with van der Waals surface area (Å²) < 4.78 is 6.24. The van der Waals surface area contributed by atoms with Gasteiger partial charge in [0.1, 0.15) is 12.3 Å². The van der Waals surface area contributed by atoms with Crippen molar-refractivity contribution in [2.45, 2.75) is 6.92 Å². The van der Waals surface area contributed by atoms with Gasteiger partial charge in [-0.05, 0) is 71.0 Å². The first-order chi connectivity index (χ1) is 13.9. The predicted octanol–water partition coefficient (Wildman–Crippen LogP) is 5.18. The molecule has 3 rings (SSSR count). The van der Waals surface area contributed by atoms with E-state index >= 15 is 0 Å². The van der Waals surface area contributed by atoms with Crippen molar-refractivity contribution in [1.82, 2.24) is 4.90 Å². The van der Waals surface area contributed by atoms with Crippen LogP contribution in [0, 0.1) is 0 Å². The van der Waals surface area contributed by atoms with E-state index in [4.69, 9.17) is 16.3 Å². The number of amides is 3. The maximum atomic E-state index is 12.7. The van der Waals surface area contributed by atoms with Crippen molar-refractivity contribution in [1.29, 1.82) is 0 Å². The van der Waals surface area contributed by atoms with E-state index in [1.54, 1.807) is 42.5 Å². The molecule has 9 heteroatoms. The molecule has 1 saturated heterocycles. The lowest BCUT2D eigenvalue weighted by Gasteiger charge is -2.13. The molecule has 29 heavy (non-hydrogen) atoms. The summed E-state index contributed by atoms with van der Waals surface area (Å²) in [7, 11) is 0. The van der Waals surface area contributed by atoms with Gasteiger partial charge in [-0.25, -0.2) is 0 Å². The number of halogens is 2. The molecule has 1 fully saturated rings. The molecule has 1 N–H and O–H groups in total. The lowest BCUT2D eigenvalue weighted by molar-refractivity contribution is -0.127. The molecular weight excluding hydrogens is 480 g/mol. The van der Waals surface area contributed by atoms with Crippen LogP contribution in [0.1, 0.15) is 12.5 Å². The number of carbonyl (C=O) groups is 3. The maximum Gasteiger partial charge on any atom is 0.294 e. The zero-order chi connectivity index (χ0) is 21.0. The number of nitrogens with zero attached hydrogens (tertiary/aromatic N) is 1. The van der Waals surface area contributed by atoms with Gasteiger partial charge in [0, 0.05) is 15.1 Å². The van der Waals surface area contributed by atoms with Crippen molar-refractivity contribution in [3.63, 3.8) is 0 Å². The number of anilines is 1. The van der Waals surface area contributed by atoms with Gasteiger partial charge >= 0.3 is 0 Å². The van der Waals surface area contributed by atoms with Gasteiger partial charge in [-0.15, -0.1) is 0 Å². The lowest BCUT2D eigenvalue weighted by atomic mass is 10.2. The molecule has 2 aromatic rings. The predicted molar refractivity (Wildman–Crippen MR) is 118 cm³/mol. The molecule has 150 valence electrons. The Morgan fingerprint density at radius 2 is 2.03 bits per heavy atom. The highest BCUT2D eigenvalue weighted by Crippen LogP contribution is 2.35. The van der Waals surface area contributed by atoms with E-state index in [0.29, 0.717) is 33.1 Å². The fourth-order valence-corrected chi connectivity index (χ4v) is 3.99. The van der Waals surface area contributed by atoms with Gasteiger partial charge in [-0.2, -0.15) is 0 Å². The second kappa shape index (κ2) is 9.47. The highest BCUT2D eigenvalue weighted by molar-refractivity contribution is 9.10. The second-order valence-electron chi connectivity index (χ2n) is 5.91. The highest BCUT2D eigenvalue weighted by Gasteiger charge is 2.36. The Bertz CT molecular complexity index is 1010. The zero-order valence-electron chi connectivity index (χ0n) is 15.3. The Labute approximate surface area is 185 Å². The van der Waals surface area contributed by atoms with Gasteiger partial charge in [-0.3, -0.25) is 19.3 Å². The molecule has 0 atom stereocenters. The Kier molecular flexibility index (Phi) is 7.00. The van der Waals surface area contributed by atoms with Crippen LogP contribution in [0.5, 0.6) is 5.75 Å². The molecule has 0 aromatic heterocycles. The number of rotatable bonds is 6. The van der Waals surface area contributed by atoms with Crippen LogP contribution in [0.4, 0.5) is 10.5 Å². The molecule has 0 radical (unpaired) electrons. The molecule has 3 amide bonds. The number of imide groups is 1. The minimum absolute atomic E-state index is 0.201. The van der Waals surface area contributed by atoms with Crippen LogP contribution in [0.25, 0.3) is 6.08 Å². The zero-order valence-corrected chi connectivity index (χ0v) is 18.4. The third-order valence-electron chi connectivity index (χ3n) is 3.88. The van der Waals surface area contributed by atoms with Crippen LogP contribution in [-0.4, -0.2) is 35.1 Å². The van der Waals surface area contributed by atoms with Crippen LogP contribution < -0.4 is 10.1 Å². The summed E-state index contributed by atoms with van der Waals surface area (Å²) in [5.41, 5.74) is 1.14. The standard InChI is InChI=1S/C20H16BrClN2O4S/c1-2-28-16-8-7-13(22)9-12(16)10-17-19(26)24(20(27)29-17)11-18(25)23-15-6-4-3-5-14(15)21/h3-10H,2,11H2,1H3,(H,23,25)/b17-10+. The van der Waals surface area contributed by atoms with E-state index in [-0.39, 0.29) is 11.4 Å². The van der Waals surface area contributed by atoms with Gasteiger partial charge < -0.3 is 10.1 Å². The van der Waals surface area contributed by atoms with Gasteiger partial charge in [0.2, 0.25) is 5.91 Å². The third-order valence-corrected chi connectivity index (χ3v) is 5.72. The number of ether oxygens (including phenoxy) is 1. The molecule has 1 heterocycles. The third kappa shape index (κ3) is 5.20. The minimum atomic E-state index is -0.537. The fraction of sp³-hybridized carbons (Fsp3) is 0.150. The van der Waals surface area contributed by atoms with E-state index in [2.05, 4.69) is 21.2 Å². The molecule has 6 nitrogen and oxygen atoms in total. The number of para-hydroxylation sites is 1. The van der Waals surface area contributed by atoms with Gasteiger partial charge in [0.25, 0.3) is 11.1 Å². The molecule has 0 spiro atoms. The monoisotopic (exact) mass is 494 g/mol. The first-order valence-electron chi connectivity index (χ1n) is 8.61. The summed E-state index contributed by atoms with van der Waals surface area (Å²) >= 11 is 10.2. The van der Waals surface area contributed by atoms with E-state index in [1.807, 2.05) is 13.0 Å². The number of nitrogens with one attached hydrogen (secondary N) is 1. The molecule has 0 bridgehead atoms. The number of hydrogen-bond donors (Lipinski definition) is 1. The average molecular weight is 496 g/mol. The summed E-state index contributed by atoms with van der Waals surface area (Å²) in [6.07, 6.45) is 1.55. The summed E-state index contributed by atoms with van der Waals surface area (Å²) in [4.78, 5) is 38.4. The summed E-state index contributed by atoms with van der Waals surface area (Å²) in [6, 6.07) is 12.1. The normalized spacial score (nSPS) is 15.1. The van der Waals surface area contributed by atoms with Crippen LogP contribution >= 0.6 is 39.3 Å². The number of carbonyl (C=O) groups excluding carboxylic acids is 3. The molecule has 0 unspecified atom stereocenters. The van der Waals surface area contributed by atoms with Crippen LogP contribution in [0.3, 0.4) is 0 Å². The van der Waals surface area contributed by atoms with Crippen molar-refractivity contribution < 1.29 is 19.1 Å². The minimum Gasteiger partial charge on any atom is -0.493 e. The molecule has 0 aliphatic carbocycles. The van der Waals surface area contributed by atoms with Crippen molar-refractivity contribution in [2.75, 3.05) is 18.5 Å². The summed E-state index contributed by atoms with van der Waals surface area (Å²) in [6.45, 7) is 1.91. The maximum absolute atomic E-state index is 12.7. The largest absolute Gasteiger partial charge is 0.493 e. The van der Waals surface area contributed by atoms with Crippen LogP contribution in [0.15, 0.2) is 51.8 Å². The number of thioether (sulfide) groups is 1. The summed E-state index contributed by atoms with van der Waals surface area (Å²) in [5.74, 6) is -0.460. The molecule has 2 aromatic carbocycles. The topological polar surface area (TPSA) is 75.7 Å². The molecule has 1 aliphatic rings. The number of hydrogen-bond acceptors (Lipinski definition) is 5. The average Bonchev–Trinajstić information content (AvgIpc) is 2.93. The fourth-order valence-electron chi connectivity index (χ4n) is 2.59. The molecule has 0 saturated carbocycles. The lowest BCUT2D eigenvalue weighted by Crippen LogP contribution is -2.36. The Hall–Kier alpha value is -2.29. The first kappa shape index (κ1) is 21.4. The quantitative estimate of drug-likeness (QED) is 0.559. The first-order valence-corrected chi connectivity index (χ1v) is 10.6. The number of benzene rings is 2. The molecular formula is C20H16BrClN2O4S. The smallest absolute Gasteiger partial charge is 0.294 e. The van der Waals surface area contributed by atoms with Gasteiger partial charge in [-0.1, -0.05) is 23.7 Å². The van der Waals surface area contributed by atoms with Crippen molar-refractivity contribution >= 4 is 68.1 Å². The van der Waals surface area contributed by atoms with Crippen LogP contribution in [0.2, 0.25) is 5.02 Å².